The number of amides is 1. The van der Waals surface area contributed by atoms with Gasteiger partial charge >= 0.3 is 0 Å². The standard InChI is InChI=1S/C13H14N4O3.C5H12O/c18-9-16-5-7-17(8-6-16)13-14-12(20-15-13)10-3-1-2-4-11(10)19;1-5(2,3)6-4/h1-4,9,19H,5-8H2;1-4H3. The summed E-state index contributed by atoms with van der Waals surface area (Å²) < 4.78 is 10.1. The molecule has 1 amide bonds. The number of ether oxygens (including phenoxy) is 1. The fourth-order valence-corrected chi connectivity index (χ4v) is 2.14. The summed E-state index contributed by atoms with van der Waals surface area (Å²) >= 11 is 0. The minimum Gasteiger partial charge on any atom is -0.507 e. The molecule has 0 aliphatic carbocycles. The highest BCUT2D eigenvalue weighted by Crippen LogP contribution is 2.28. The molecule has 1 aliphatic rings. The highest BCUT2D eigenvalue weighted by atomic mass is 16.5. The molecule has 0 saturated carbocycles. The van der Waals surface area contributed by atoms with Crippen molar-refractivity contribution in [1.82, 2.24) is 15.0 Å². The quantitative estimate of drug-likeness (QED) is 0.836. The number of phenols is 1. The van der Waals surface area contributed by atoms with Crippen molar-refractivity contribution >= 4 is 12.4 Å². The van der Waals surface area contributed by atoms with Crippen molar-refractivity contribution in [3.8, 4) is 17.2 Å². The summed E-state index contributed by atoms with van der Waals surface area (Å²) in [7, 11) is 1.71. The summed E-state index contributed by atoms with van der Waals surface area (Å²) in [5, 5.41) is 13.7. The molecule has 1 saturated heterocycles. The Balaban J connectivity index is 0.000000352. The molecule has 0 atom stereocenters. The summed E-state index contributed by atoms with van der Waals surface area (Å²) in [5.41, 5.74) is 0.553. The van der Waals surface area contributed by atoms with E-state index in [4.69, 9.17) is 9.26 Å². The fraction of sp³-hybridized carbons (Fsp3) is 0.500. The topological polar surface area (TPSA) is 91.9 Å². The number of hydrogen-bond acceptors (Lipinski definition) is 7. The molecule has 8 nitrogen and oxygen atoms in total. The van der Waals surface area contributed by atoms with E-state index in [0.29, 0.717) is 37.7 Å². The lowest BCUT2D eigenvalue weighted by Gasteiger charge is -2.31. The van der Waals surface area contributed by atoms with E-state index >= 15 is 0 Å². The van der Waals surface area contributed by atoms with Gasteiger partial charge in [0.1, 0.15) is 5.75 Å². The molecule has 2 heterocycles. The van der Waals surface area contributed by atoms with Crippen LogP contribution in [-0.4, -0.2) is 65.4 Å². The van der Waals surface area contributed by atoms with Crippen LogP contribution in [0.4, 0.5) is 5.95 Å². The molecule has 26 heavy (non-hydrogen) atoms. The third-order valence-corrected chi connectivity index (χ3v) is 3.91. The molecular formula is C18H26N4O4. The number of aromatic hydroxyl groups is 1. The summed E-state index contributed by atoms with van der Waals surface area (Å²) in [6, 6.07) is 6.82. The van der Waals surface area contributed by atoms with Gasteiger partial charge in [0.15, 0.2) is 0 Å². The highest BCUT2D eigenvalue weighted by molar-refractivity contribution is 5.62. The van der Waals surface area contributed by atoms with Gasteiger partial charge < -0.3 is 24.2 Å². The predicted molar refractivity (Wildman–Crippen MR) is 98.0 cm³/mol. The summed E-state index contributed by atoms with van der Waals surface area (Å²) in [6.45, 7) is 8.68. The van der Waals surface area contributed by atoms with Gasteiger partial charge in [0.25, 0.3) is 11.8 Å². The van der Waals surface area contributed by atoms with E-state index in [9.17, 15) is 9.90 Å². The molecule has 1 fully saturated rings. The molecule has 8 heteroatoms. The second-order valence-corrected chi connectivity index (χ2v) is 6.86. The normalized spacial score (nSPS) is 14.6. The van der Waals surface area contributed by atoms with Crippen molar-refractivity contribution < 1.29 is 19.2 Å². The van der Waals surface area contributed by atoms with E-state index in [0.717, 1.165) is 6.41 Å². The number of rotatable bonds is 3. The largest absolute Gasteiger partial charge is 0.507 e. The number of para-hydroxylation sites is 1. The minimum absolute atomic E-state index is 0.0417. The Hall–Kier alpha value is -2.61. The first-order valence-electron chi connectivity index (χ1n) is 8.45. The van der Waals surface area contributed by atoms with E-state index < -0.39 is 0 Å². The first kappa shape index (κ1) is 19.7. The third-order valence-electron chi connectivity index (χ3n) is 3.91. The van der Waals surface area contributed by atoms with E-state index in [1.54, 1.807) is 36.3 Å². The number of anilines is 1. The van der Waals surface area contributed by atoms with Gasteiger partial charge in [-0.3, -0.25) is 4.79 Å². The molecule has 1 aromatic carbocycles. The number of methoxy groups -OCH3 is 1. The lowest BCUT2D eigenvalue weighted by molar-refractivity contribution is -0.118. The van der Waals surface area contributed by atoms with Crippen LogP contribution in [0.3, 0.4) is 0 Å². The summed E-state index contributed by atoms with van der Waals surface area (Å²) in [6.07, 6.45) is 0.848. The molecule has 3 rings (SSSR count). The zero-order valence-electron chi connectivity index (χ0n) is 15.7. The van der Waals surface area contributed by atoms with Crippen LogP contribution in [-0.2, 0) is 9.53 Å². The number of hydrogen-bond donors (Lipinski definition) is 1. The van der Waals surface area contributed by atoms with Crippen molar-refractivity contribution in [3.05, 3.63) is 24.3 Å². The van der Waals surface area contributed by atoms with E-state index in [-0.39, 0.29) is 17.2 Å². The van der Waals surface area contributed by atoms with Crippen molar-refractivity contribution in [3.63, 3.8) is 0 Å². The van der Waals surface area contributed by atoms with Gasteiger partial charge in [-0.1, -0.05) is 12.1 Å². The van der Waals surface area contributed by atoms with Crippen molar-refractivity contribution in [2.24, 2.45) is 0 Å². The average molecular weight is 362 g/mol. The average Bonchev–Trinajstić information content (AvgIpc) is 3.12. The van der Waals surface area contributed by atoms with Gasteiger partial charge in [-0.2, -0.15) is 4.98 Å². The zero-order chi connectivity index (χ0) is 19.2. The van der Waals surface area contributed by atoms with Gasteiger partial charge in [0.2, 0.25) is 6.41 Å². The van der Waals surface area contributed by atoms with Crippen LogP contribution in [0.2, 0.25) is 0 Å². The Morgan fingerprint density at radius 1 is 1.19 bits per heavy atom. The van der Waals surface area contributed by atoms with Crippen molar-refractivity contribution in [1.29, 1.82) is 0 Å². The van der Waals surface area contributed by atoms with Gasteiger partial charge in [0.05, 0.1) is 11.2 Å². The van der Waals surface area contributed by atoms with Crippen LogP contribution in [0.1, 0.15) is 20.8 Å². The SMILES string of the molecule is COC(C)(C)C.O=CN1CCN(c2noc(-c3ccccc3O)n2)CC1. The smallest absolute Gasteiger partial charge is 0.266 e. The van der Waals surface area contributed by atoms with Gasteiger partial charge in [-0.25, -0.2) is 0 Å². The summed E-state index contributed by atoms with van der Waals surface area (Å²) in [4.78, 5) is 18.6. The molecule has 0 bridgehead atoms. The molecular weight excluding hydrogens is 336 g/mol. The first-order valence-corrected chi connectivity index (χ1v) is 8.45. The van der Waals surface area contributed by atoms with Crippen molar-refractivity contribution in [2.45, 2.75) is 26.4 Å². The molecule has 142 valence electrons. The molecule has 0 radical (unpaired) electrons. The monoisotopic (exact) mass is 362 g/mol. The number of phenolic OH excluding ortho intramolecular Hbond substituents is 1. The number of piperazine rings is 1. The van der Waals surface area contributed by atoms with Crippen molar-refractivity contribution in [2.75, 3.05) is 38.2 Å². The fourth-order valence-electron chi connectivity index (χ4n) is 2.14. The Morgan fingerprint density at radius 2 is 1.81 bits per heavy atom. The Bertz CT molecular complexity index is 703. The Morgan fingerprint density at radius 3 is 2.35 bits per heavy atom. The molecule has 0 unspecified atom stereocenters. The number of aromatic nitrogens is 2. The van der Waals surface area contributed by atoms with Gasteiger partial charge in [-0.05, 0) is 38.1 Å². The van der Waals surface area contributed by atoms with Crippen LogP contribution in [0, 0.1) is 0 Å². The Kier molecular flexibility index (Phi) is 6.57. The maximum absolute atomic E-state index is 10.7. The molecule has 0 spiro atoms. The first-order chi connectivity index (χ1) is 12.3. The second-order valence-electron chi connectivity index (χ2n) is 6.86. The minimum atomic E-state index is 0.0417. The third kappa shape index (κ3) is 5.45. The van der Waals surface area contributed by atoms with Gasteiger partial charge in [-0.15, -0.1) is 0 Å². The number of nitrogens with zero attached hydrogens (tertiary/aromatic N) is 4. The van der Waals surface area contributed by atoms with Crippen LogP contribution in [0.15, 0.2) is 28.8 Å². The molecule has 1 N–H and O–H groups in total. The predicted octanol–water partition coefficient (Wildman–Crippen LogP) is 2.15. The van der Waals surface area contributed by atoms with E-state index in [1.807, 2.05) is 25.7 Å². The van der Waals surface area contributed by atoms with Crippen LogP contribution >= 0.6 is 0 Å². The lowest BCUT2D eigenvalue weighted by atomic mass is 10.2. The summed E-state index contributed by atoms with van der Waals surface area (Å²) in [5.74, 6) is 0.873. The number of carbonyl (C=O) groups is 1. The van der Waals surface area contributed by atoms with E-state index in [2.05, 4.69) is 10.1 Å². The van der Waals surface area contributed by atoms with Crippen LogP contribution < -0.4 is 4.90 Å². The van der Waals surface area contributed by atoms with E-state index in [1.165, 1.54) is 0 Å². The van der Waals surface area contributed by atoms with Gasteiger partial charge in [0, 0.05) is 33.3 Å². The lowest BCUT2D eigenvalue weighted by Crippen LogP contribution is -2.46. The second kappa shape index (κ2) is 8.66. The van der Waals surface area contributed by atoms with Crippen LogP contribution in [0.25, 0.3) is 11.5 Å². The maximum Gasteiger partial charge on any atom is 0.266 e. The molecule has 1 aromatic heterocycles. The van der Waals surface area contributed by atoms with Crippen LogP contribution in [0.5, 0.6) is 5.75 Å². The number of benzene rings is 1. The molecule has 2 aromatic rings. The maximum atomic E-state index is 10.7. The zero-order valence-corrected chi connectivity index (χ0v) is 15.7. The highest BCUT2D eigenvalue weighted by Gasteiger charge is 2.21. The number of carbonyl (C=O) groups excluding carboxylic acids is 1. The Labute approximate surface area is 153 Å². The molecule has 1 aliphatic heterocycles.